The van der Waals surface area contributed by atoms with Gasteiger partial charge in [0.1, 0.15) is 0 Å². The molecule has 0 saturated carbocycles. The number of carbonyl (C=O) groups excluding carboxylic acids is 1. The van der Waals surface area contributed by atoms with Crippen LogP contribution in [0.25, 0.3) is 0 Å². The Labute approximate surface area is 64.5 Å². The molecule has 1 heterocycles. The van der Waals surface area contributed by atoms with Gasteiger partial charge in [-0.15, -0.1) is 0 Å². The van der Waals surface area contributed by atoms with Crippen molar-refractivity contribution >= 4 is 12.1 Å². The molecule has 0 aromatic heterocycles. The summed E-state index contributed by atoms with van der Waals surface area (Å²) in [7, 11) is 0. The molecule has 0 spiro atoms. The molecule has 3 N–H and O–H groups in total. The van der Waals surface area contributed by atoms with Gasteiger partial charge in [-0.2, -0.15) is 0 Å². The molecule has 1 aliphatic heterocycles. The predicted octanol–water partition coefficient (Wildman–Crippen LogP) is -0.109. The van der Waals surface area contributed by atoms with Crippen LogP contribution in [0.15, 0.2) is 29.2 Å². The van der Waals surface area contributed by atoms with E-state index in [1.165, 1.54) is 0 Å². The molecule has 0 saturated heterocycles. The van der Waals surface area contributed by atoms with E-state index in [-0.39, 0.29) is 12.3 Å². The van der Waals surface area contributed by atoms with Crippen LogP contribution >= 0.6 is 0 Å². The van der Waals surface area contributed by atoms with Crippen LogP contribution in [0.2, 0.25) is 0 Å². The average molecular weight is 151 g/mol. The van der Waals surface area contributed by atoms with Crippen molar-refractivity contribution in [3.63, 3.8) is 0 Å². The Bertz CT molecular complexity index is 240. The van der Waals surface area contributed by atoms with Crippen LogP contribution in [-0.2, 0) is 4.79 Å². The number of primary amides is 1. The van der Waals surface area contributed by atoms with Gasteiger partial charge >= 0.3 is 0 Å². The molecular formula is C7H9N3O. The molecule has 0 aliphatic carbocycles. The van der Waals surface area contributed by atoms with Crippen LogP contribution in [0.5, 0.6) is 0 Å². The number of aliphatic imine (C=N–C) groups is 1. The fourth-order valence-electron chi connectivity index (χ4n) is 0.694. The number of carbonyl (C=O) groups is 1. The number of rotatable bonds is 2. The summed E-state index contributed by atoms with van der Waals surface area (Å²) in [5.41, 5.74) is 5.61. The molecule has 1 amide bonds. The summed E-state index contributed by atoms with van der Waals surface area (Å²) in [4.78, 5) is 14.4. The van der Waals surface area contributed by atoms with Crippen LogP contribution in [0.4, 0.5) is 0 Å². The van der Waals surface area contributed by atoms with E-state index < -0.39 is 0 Å². The zero-order valence-electron chi connectivity index (χ0n) is 5.95. The average Bonchev–Trinajstić information content (AvgIpc) is 2.14. The van der Waals surface area contributed by atoms with Gasteiger partial charge in [0.15, 0.2) is 0 Å². The van der Waals surface area contributed by atoms with E-state index in [2.05, 4.69) is 10.3 Å². The smallest absolute Gasteiger partial charge is 0.223 e. The van der Waals surface area contributed by atoms with Gasteiger partial charge in [0.05, 0.1) is 12.1 Å². The second-order valence-electron chi connectivity index (χ2n) is 2.08. The first kappa shape index (κ1) is 7.53. The van der Waals surface area contributed by atoms with Gasteiger partial charge in [-0.05, 0) is 6.08 Å². The van der Waals surface area contributed by atoms with Gasteiger partial charge < -0.3 is 11.1 Å². The highest BCUT2D eigenvalue weighted by molar-refractivity contribution is 5.78. The number of nitrogens with zero attached hydrogens (tertiary/aromatic N) is 1. The molecule has 0 aromatic rings. The zero-order chi connectivity index (χ0) is 8.10. The van der Waals surface area contributed by atoms with E-state index in [9.17, 15) is 4.79 Å². The Kier molecular flexibility index (Phi) is 2.43. The largest absolute Gasteiger partial charge is 0.369 e. The first-order valence-electron chi connectivity index (χ1n) is 3.21. The SMILES string of the molecule is NC(=O)CC1=CNC=CC=N1. The van der Waals surface area contributed by atoms with Crippen molar-refractivity contribution in [3.05, 3.63) is 24.2 Å². The van der Waals surface area contributed by atoms with E-state index in [1.807, 2.05) is 0 Å². The van der Waals surface area contributed by atoms with Gasteiger partial charge in [-0.3, -0.25) is 9.79 Å². The minimum Gasteiger partial charge on any atom is -0.369 e. The molecule has 0 unspecified atom stereocenters. The van der Waals surface area contributed by atoms with Crippen LogP contribution in [-0.4, -0.2) is 12.1 Å². The highest BCUT2D eigenvalue weighted by Crippen LogP contribution is 2.01. The van der Waals surface area contributed by atoms with Gasteiger partial charge in [0.2, 0.25) is 5.91 Å². The molecule has 11 heavy (non-hydrogen) atoms. The van der Waals surface area contributed by atoms with Gasteiger partial charge in [-0.1, -0.05) is 0 Å². The fraction of sp³-hybridized carbons (Fsp3) is 0.143. The van der Waals surface area contributed by atoms with Crippen molar-refractivity contribution in [2.45, 2.75) is 6.42 Å². The number of nitrogens with one attached hydrogen (secondary N) is 1. The van der Waals surface area contributed by atoms with Crippen LogP contribution < -0.4 is 11.1 Å². The summed E-state index contributed by atoms with van der Waals surface area (Å²) in [6, 6.07) is 0. The molecule has 1 rings (SSSR count). The number of hydrogen-bond donors (Lipinski definition) is 2. The molecule has 4 heteroatoms. The summed E-state index contributed by atoms with van der Waals surface area (Å²) in [5.74, 6) is -0.378. The van der Waals surface area contributed by atoms with Gasteiger partial charge in [-0.25, -0.2) is 0 Å². The van der Waals surface area contributed by atoms with Gasteiger partial charge in [0, 0.05) is 18.6 Å². The number of amides is 1. The van der Waals surface area contributed by atoms with Crippen molar-refractivity contribution in [1.29, 1.82) is 0 Å². The Morgan fingerprint density at radius 1 is 1.73 bits per heavy atom. The number of nitrogens with two attached hydrogens (primary N) is 1. The lowest BCUT2D eigenvalue weighted by Crippen LogP contribution is -2.11. The predicted molar refractivity (Wildman–Crippen MR) is 42.7 cm³/mol. The normalized spacial score (nSPS) is 15.1. The van der Waals surface area contributed by atoms with E-state index in [0.717, 1.165) is 0 Å². The Morgan fingerprint density at radius 3 is 3.27 bits per heavy atom. The van der Waals surface area contributed by atoms with Crippen molar-refractivity contribution in [2.75, 3.05) is 0 Å². The maximum Gasteiger partial charge on any atom is 0.223 e. The fourth-order valence-corrected chi connectivity index (χ4v) is 0.694. The second kappa shape index (κ2) is 3.55. The third kappa shape index (κ3) is 2.66. The Balaban J connectivity index is 2.58. The standard InChI is InChI=1S/C7H9N3O/c8-7(11)4-6-5-9-2-1-3-10-6/h1-3,5,9H,4H2,(H2,8,11). The molecule has 0 bridgehead atoms. The third-order valence-electron chi connectivity index (χ3n) is 1.12. The monoisotopic (exact) mass is 151 g/mol. The van der Waals surface area contributed by atoms with Crippen molar-refractivity contribution in [2.24, 2.45) is 10.7 Å². The first-order chi connectivity index (χ1) is 5.29. The summed E-state index contributed by atoms with van der Waals surface area (Å²) in [6.07, 6.45) is 6.88. The quantitative estimate of drug-likeness (QED) is 0.578. The summed E-state index contributed by atoms with van der Waals surface area (Å²) >= 11 is 0. The number of allylic oxidation sites excluding steroid dienone is 1. The van der Waals surface area contributed by atoms with Crippen molar-refractivity contribution in [3.8, 4) is 0 Å². The Hall–Kier alpha value is -1.58. The summed E-state index contributed by atoms with van der Waals surface area (Å²) < 4.78 is 0. The van der Waals surface area contributed by atoms with E-state index >= 15 is 0 Å². The topological polar surface area (TPSA) is 67.5 Å². The molecular weight excluding hydrogens is 142 g/mol. The van der Waals surface area contributed by atoms with E-state index in [1.54, 1.807) is 24.7 Å². The lowest BCUT2D eigenvalue weighted by atomic mass is 10.3. The number of hydrogen-bond acceptors (Lipinski definition) is 3. The van der Waals surface area contributed by atoms with Crippen LogP contribution in [0.3, 0.4) is 0 Å². The Morgan fingerprint density at radius 2 is 2.55 bits per heavy atom. The highest BCUT2D eigenvalue weighted by Gasteiger charge is 1.99. The van der Waals surface area contributed by atoms with Crippen LogP contribution in [0, 0.1) is 0 Å². The maximum absolute atomic E-state index is 10.4. The van der Waals surface area contributed by atoms with E-state index in [0.29, 0.717) is 5.70 Å². The molecule has 0 radical (unpaired) electrons. The highest BCUT2D eigenvalue weighted by atomic mass is 16.1. The summed E-state index contributed by atoms with van der Waals surface area (Å²) in [6.45, 7) is 0. The van der Waals surface area contributed by atoms with Crippen LogP contribution in [0.1, 0.15) is 6.42 Å². The van der Waals surface area contributed by atoms with Crippen molar-refractivity contribution in [1.82, 2.24) is 5.32 Å². The van der Waals surface area contributed by atoms with Crippen molar-refractivity contribution < 1.29 is 4.79 Å². The molecule has 58 valence electrons. The van der Waals surface area contributed by atoms with E-state index in [4.69, 9.17) is 5.73 Å². The molecule has 4 nitrogen and oxygen atoms in total. The lowest BCUT2D eigenvalue weighted by molar-refractivity contribution is -0.117. The minimum atomic E-state index is -0.378. The summed E-state index contributed by atoms with van der Waals surface area (Å²) in [5, 5.41) is 2.83. The van der Waals surface area contributed by atoms with Gasteiger partial charge in [0.25, 0.3) is 0 Å². The molecule has 1 aliphatic rings. The lowest BCUT2D eigenvalue weighted by Gasteiger charge is -1.94. The molecule has 0 atom stereocenters. The molecule has 0 aromatic carbocycles. The maximum atomic E-state index is 10.4. The second-order valence-corrected chi connectivity index (χ2v) is 2.08. The minimum absolute atomic E-state index is 0.172. The first-order valence-corrected chi connectivity index (χ1v) is 3.21. The zero-order valence-corrected chi connectivity index (χ0v) is 5.95. The molecule has 0 fully saturated rings. The third-order valence-corrected chi connectivity index (χ3v) is 1.12.